The molecular weight excluding hydrogens is 212 g/mol. The van der Waals surface area contributed by atoms with Crippen LogP contribution < -0.4 is 0 Å². The Bertz CT molecular complexity index is 243. The van der Waals surface area contributed by atoms with Gasteiger partial charge in [-0.05, 0) is 13.8 Å². The van der Waals surface area contributed by atoms with Crippen molar-refractivity contribution in [2.24, 2.45) is 0 Å². The maximum absolute atomic E-state index is 11.6. The molecule has 0 bridgehead atoms. The van der Waals surface area contributed by atoms with E-state index in [-0.39, 0.29) is 18.7 Å². The van der Waals surface area contributed by atoms with Gasteiger partial charge in [0, 0.05) is 20.6 Å². The minimum Gasteiger partial charge on any atom is -0.480 e. The monoisotopic (exact) mass is 232 g/mol. The Kier molecular flexibility index (Phi) is 6.48. The zero-order chi connectivity index (χ0) is 12.7. The van der Waals surface area contributed by atoms with Gasteiger partial charge in [0.15, 0.2) is 0 Å². The number of nitrogens with zero attached hydrogens (tertiary/aromatic N) is 2. The zero-order valence-corrected chi connectivity index (χ0v) is 10.3. The van der Waals surface area contributed by atoms with Crippen molar-refractivity contribution < 1.29 is 19.4 Å². The Balaban J connectivity index is 3.93. The summed E-state index contributed by atoms with van der Waals surface area (Å²) < 4.78 is 5.29. The van der Waals surface area contributed by atoms with Crippen LogP contribution in [0.15, 0.2) is 0 Å². The molecule has 0 unspecified atom stereocenters. The summed E-state index contributed by atoms with van der Waals surface area (Å²) in [4.78, 5) is 24.6. The number of urea groups is 1. The highest BCUT2D eigenvalue weighted by molar-refractivity contribution is 5.79. The van der Waals surface area contributed by atoms with Crippen LogP contribution in [0.1, 0.15) is 13.8 Å². The minimum atomic E-state index is -1.03. The highest BCUT2D eigenvalue weighted by atomic mass is 16.5. The van der Waals surface area contributed by atoms with Crippen LogP contribution in [0.2, 0.25) is 0 Å². The number of rotatable bonds is 6. The van der Waals surface area contributed by atoms with Crippen molar-refractivity contribution in [1.29, 1.82) is 0 Å². The number of hydrogen-bond acceptors (Lipinski definition) is 3. The summed E-state index contributed by atoms with van der Waals surface area (Å²) >= 11 is 0. The van der Waals surface area contributed by atoms with E-state index < -0.39 is 5.97 Å². The Hall–Kier alpha value is -1.30. The molecule has 1 N–H and O–H groups in total. The predicted octanol–water partition coefficient (Wildman–Crippen LogP) is 0.480. The lowest BCUT2D eigenvalue weighted by Gasteiger charge is -2.23. The molecule has 94 valence electrons. The average molecular weight is 232 g/mol. The third-order valence-electron chi connectivity index (χ3n) is 1.90. The fraction of sp³-hybridized carbons (Fsp3) is 0.800. The molecule has 2 amide bonds. The van der Waals surface area contributed by atoms with E-state index in [1.807, 2.05) is 13.8 Å². The van der Waals surface area contributed by atoms with Gasteiger partial charge in [-0.25, -0.2) is 4.79 Å². The number of carbonyl (C=O) groups is 2. The van der Waals surface area contributed by atoms with Gasteiger partial charge in [0.05, 0.1) is 12.7 Å². The van der Waals surface area contributed by atoms with Crippen LogP contribution in [0, 0.1) is 0 Å². The number of carbonyl (C=O) groups excluding carboxylic acids is 1. The molecule has 0 saturated carbocycles. The van der Waals surface area contributed by atoms with Gasteiger partial charge in [0.25, 0.3) is 0 Å². The van der Waals surface area contributed by atoms with Gasteiger partial charge in [0.1, 0.15) is 6.54 Å². The van der Waals surface area contributed by atoms with E-state index in [0.717, 1.165) is 4.90 Å². The topological polar surface area (TPSA) is 70.1 Å². The van der Waals surface area contributed by atoms with Crippen LogP contribution in [-0.4, -0.2) is 66.8 Å². The van der Waals surface area contributed by atoms with Crippen molar-refractivity contribution in [3.05, 3.63) is 0 Å². The molecule has 0 aromatic heterocycles. The molecular formula is C10H20N2O4. The molecule has 16 heavy (non-hydrogen) atoms. The van der Waals surface area contributed by atoms with Crippen molar-refractivity contribution in [3.8, 4) is 0 Å². The van der Waals surface area contributed by atoms with E-state index in [4.69, 9.17) is 9.84 Å². The SMILES string of the molecule is CC(C)OCCN(C)C(=O)N(C)CC(=O)O. The summed E-state index contributed by atoms with van der Waals surface area (Å²) in [5.74, 6) is -1.03. The van der Waals surface area contributed by atoms with Crippen molar-refractivity contribution in [2.45, 2.75) is 20.0 Å². The molecule has 0 spiro atoms. The van der Waals surface area contributed by atoms with E-state index in [1.54, 1.807) is 7.05 Å². The largest absolute Gasteiger partial charge is 0.480 e. The molecule has 0 heterocycles. The number of hydrogen-bond donors (Lipinski definition) is 1. The van der Waals surface area contributed by atoms with E-state index >= 15 is 0 Å². The second-order valence-electron chi connectivity index (χ2n) is 3.87. The number of aliphatic carboxylic acids is 1. The van der Waals surface area contributed by atoms with Gasteiger partial charge in [-0.15, -0.1) is 0 Å². The van der Waals surface area contributed by atoms with Gasteiger partial charge < -0.3 is 19.6 Å². The first-order chi connectivity index (χ1) is 7.34. The van der Waals surface area contributed by atoms with Crippen molar-refractivity contribution in [2.75, 3.05) is 33.8 Å². The molecule has 0 radical (unpaired) electrons. The predicted molar refractivity (Wildman–Crippen MR) is 59.4 cm³/mol. The maximum atomic E-state index is 11.6. The molecule has 0 aliphatic heterocycles. The van der Waals surface area contributed by atoms with Crippen LogP contribution >= 0.6 is 0 Å². The van der Waals surface area contributed by atoms with E-state index in [1.165, 1.54) is 11.9 Å². The fourth-order valence-corrected chi connectivity index (χ4v) is 1.08. The quantitative estimate of drug-likeness (QED) is 0.723. The summed E-state index contributed by atoms with van der Waals surface area (Å²) in [7, 11) is 3.07. The van der Waals surface area contributed by atoms with Crippen molar-refractivity contribution in [3.63, 3.8) is 0 Å². The molecule has 0 aromatic carbocycles. The Labute approximate surface area is 95.8 Å². The molecule has 0 saturated heterocycles. The molecule has 0 atom stereocenters. The van der Waals surface area contributed by atoms with Crippen LogP contribution in [0.4, 0.5) is 4.79 Å². The lowest BCUT2D eigenvalue weighted by atomic mass is 10.5. The standard InChI is InChI=1S/C10H20N2O4/c1-8(2)16-6-5-11(3)10(15)12(4)7-9(13)14/h8H,5-7H2,1-4H3,(H,13,14). The normalized spacial score (nSPS) is 10.3. The number of ether oxygens (including phenoxy) is 1. The Morgan fingerprint density at radius 3 is 2.25 bits per heavy atom. The Morgan fingerprint density at radius 2 is 1.81 bits per heavy atom. The lowest BCUT2D eigenvalue weighted by Crippen LogP contribution is -2.42. The number of carboxylic acid groups (broad SMARTS) is 1. The summed E-state index contributed by atoms with van der Waals surface area (Å²) in [6.45, 7) is 4.42. The summed E-state index contributed by atoms with van der Waals surface area (Å²) in [5, 5.41) is 8.53. The first-order valence-electron chi connectivity index (χ1n) is 5.14. The summed E-state index contributed by atoms with van der Waals surface area (Å²) in [6, 6.07) is -0.324. The highest BCUT2D eigenvalue weighted by Crippen LogP contribution is 1.95. The third kappa shape index (κ3) is 6.23. The molecule has 0 aromatic rings. The molecule has 0 fully saturated rings. The molecule has 0 aliphatic rings. The lowest BCUT2D eigenvalue weighted by molar-refractivity contribution is -0.137. The third-order valence-corrected chi connectivity index (χ3v) is 1.90. The highest BCUT2D eigenvalue weighted by Gasteiger charge is 2.16. The van der Waals surface area contributed by atoms with E-state index in [0.29, 0.717) is 13.2 Å². The van der Waals surface area contributed by atoms with Gasteiger partial charge >= 0.3 is 12.0 Å². The summed E-state index contributed by atoms with van der Waals surface area (Å²) in [6.07, 6.45) is 0.125. The van der Waals surface area contributed by atoms with Crippen LogP contribution in [0.3, 0.4) is 0 Å². The van der Waals surface area contributed by atoms with Crippen LogP contribution in [0.5, 0.6) is 0 Å². The number of carboxylic acids is 1. The smallest absolute Gasteiger partial charge is 0.323 e. The van der Waals surface area contributed by atoms with Crippen LogP contribution in [0.25, 0.3) is 0 Å². The minimum absolute atomic E-state index is 0.125. The average Bonchev–Trinajstić information content (AvgIpc) is 2.14. The number of amides is 2. The second-order valence-corrected chi connectivity index (χ2v) is 3.87. The van der Waals surface area contributed by atoms with E-state index in [9.17, 15) is 9.59 Å². The molecule has 0 rings (SSSR count). The molecule has 0 aliphatic carbocycles. The van der Waals surface area contributed by atoms with Crippen molar-refractivity contribution in [1.82, 2.24) is 9.80 Å². The second kappa shape index (κ2) is 7.05. The first kappa shape index (κ1) is 14.7. The van der Waals surface area contributed by atoms with Gasteiger partial charge in [-0.2, -0.15) is 0 Å². The zero-order valence-electron chi connectivity index (χ0n) is 10.3. The van der Waals surface area contributed by atoms with Crippen molar-refractivity contribution >= 4 is 12.0 Å². The van der Waals surface area contributed by atoms with E-state index in [2.05, 4.69) is 0 Å². The molecule has 6 nitrogen and oxygen atoms in total. The van der Waals surface area contributed by atoms with Gasteiger partial charge in [-0.1, -0.05) is 0 Å². The first-order valence-corrected chi connectivity index (χ1v) is 5.14. The molecule has 6 heteroatoms. The summed E-state index contributed by atoms with van der Waals surface area (Å²) in [5.41, 5.74) is 0. The van der Waals surface area contributed by atoms with Crippen LogP contribution in [-0.2, 0) is 9.53 Å². The van der Waals surface area contributed by atoms with Gasteiger partial charge in [-0.3, -0.25) is 4.79 Å². The Morgan fingerprint density at radius 1 is 1.25 bits per heavy atom. The maximum Gasteiger partial charge on any atom is 0.323 e. The van der Waals surface area contributed by atoms with Gasteiger partial charge in [0.2, 0.25) is 0 Å². The number of likely N-dealkylation sites (N-methyl/N-ethyl adjacent to an activating group) is 2. The fourth-order valence-electron chi connectivity index (χ4n) is 1.08.